The van der Waals surface area contributed by atoms with Gasteiger partial charge in [0.25, 0.3) is 11.8 Å². The van der Waals surface area contributed by atoms with Gasteiger partial charge in [-0.2, -0.15) is 13.2 Å². The zero-order valence-electron chi connectivity index (χ0n) is 17.0. The average molecular weight is 456 g/mol. The first-order valence-electron chi connectivity index (χ1n) is 10.2. The minimum absolute atomic E-state index is 0.0238. The summed E-state index contributed by atoms with van der Waals surface area (Å²) in [6.07, 6.45) is -0.156. The lowest BCUT2D eigenvalue weighted by Crippen LogP contribution is -2.47. The van der Waals surface area contributed by atoms with E-state index in [1.165, 1.54) is 30.6 Å². The number of hydrogen-bond acceptors (Lipinski definition) is 5. The molecular weight excluding hydrogens is 440 g/mol. The van der Waals surface area contributed by atoms with E-state index in [4.69, 9.17) is 4.74 Å². The summed E-state index contributed by atoms with van der Waals surface area (Å²) in [5.41, 5.74) is -0.878. The highest BCUT2D eigenvalue weighted by Crippen LogP contribution is 2.41. The molecule has 10 heteroatoms. The molecule has 3 unspecified atom stereocenters. The summed E-state index contributed by atoms with van der Waals surface area (Å²) in [5.74, 6) is -0.836. The molecule has 3 heterocycles. The van der Waals surface area contributed by atoms with Gasteiger partial charge in [-0.25, -0.2) is 19.3 Å². The van der Waals surface area contributed by atoms with Crippen molar-refractivity contribution in [2.45, 2.75) is 31.2 Å². The molecule has 0 spiro atoms. The Bertz CT molecular complexity index is 1170. The second kappa shape index (κ2) is 7.99. The third-order valence-corrected chi connectivity index (χ3v) is 5.90. The Morgan fingerprint density at radius 3 is 2.55 bits per heavy atom. The van der Waals surface area contributed by atoms with E-state index >= 15 is 0 Å². The molecule has 0 radical (unpaired) electrons. The van der Waals surface area contributed by atoms with Crippen molar-refractivity contribution in [1.29, 1.82) is 0 Å². The third kappa shape index (κ3) is 3.95. The number of carbonyl (C=O) groups excluding carboxylic acids is 1. The minimum atomic E-state index is -4.57. The molecule has 2 fully saturated rings. The topological polar surface area (TPSA) is 68.2 Å². The van der Waals surface area contributed by atoms with Crippen LogP contribution in [-0.4, -0.2) is 44.4 Å². The molecule has 1 amide bonds. The number of rotatable bonds is 4. The monoisotopic (exact) mass is 456 g/mol. The van der Waals surface area contributed by atoms with Gasteiger partial charge in [-0.05, 0) is 43.0 Å². The third-order valence-electron chi connectivity index (χ3n) is 5.90. The summed E-state index contributed by atoms with van der Waals surface area (Å²) in [5, 5.41) is 0. The average Bonchev–Trinajstić information content (AvgIpc) is 3.39. The van der Waals surface area contributed by atoms with Crippen LogP contribution in [0.4, 0.5) is 17.6 Å². The first-order chi connectivity index (χ1) is 15.8. The molecule has 168 valence electrons. The van der Waals surface area contributed by atoms with Gasteiger partial charge in [-0.1, -0.05) is 12.1 Å². The van der Waals surface area contributed by atoms with Crippen LogP contribution >= 0.6 is 0 Å². The normalized spacial score (nSPS) is 21.7. The largest absolute Gasteiger partial charge is 0.466 e. The van der Waals surface area contributed by atoms with E-state index in [2.05, 4.69) is 21.0 Å². The summed E-state index contributed by atoms with van der Waals surface area (Å²) in [4.78, 5) is 26.9. The number of likely N-dealkylation sites (tertiary alicyclic amines) is 1. The van der Waals surface area contributed by atoms with Crippen molar-refractivity contribution in [2.24, 2.45) is 5.92 Å². The van der Waals surface area contributed by atoms with Crippen LogP contribution < -0.4 is 4.74 Å². The Morgan fingerprint density at radius 1 is 1.09 bits per heavy atom. The van der Waals surface area contributed by atoms with Crippen molar-refractivity contribution in [3.8, 4) is 17.3 Å². The lowest BCUT2D eigenvalue weighted by atomic mass is 10.0. The fourth-order valence-electron chi connectivity index (χ4n) is 4.49. The highest BCUT2D eigenvalue weighted by atomic mass is 19.4. The maximum absolute atomic E-state index is 14.7. The number of alkyl halides is 3. The fraction of sp³-hybridized carbons (Fsp3) is 0.304. The van der Waals surface area contributed by atoms with Gasteiger partial charge in [-0.3, -0.25) is 4.79 Å². The number of piperidine rings is 1. The molecule has 2 aliphatic rings. The fourth-order valence-corrected chi connectivity index (χ4v) is 4.49. The van der Waals surface area contributed by atoms with E-state index in [0.717, 1.165) is 0 Å². The molecule has 1 aliphatic carbocycles. The number of carbonyl (C=O) groups is 1. The second-order valence-electron chi connectivity index (χ2n) is 7.98. The van der Waals surface area contributed by atoms with E-state index in [1.807, 2.05) is 6.07 Å². The predicted molar refractivity (Wildman–Crippen MR) is 106 cm³/mol. The zero-order valence-corrected chi connectivity index (χ0v) is 17.0. The van der Waals surface area contributed by atoms with Gasteiger partial charge in [-0.15, -0.1) is 0 Å². The molecule has 5 rings (SSSR count). The Kier molecular flexibility index (Phi) is 5.12. The summed E-state index contributed by atoms with van der Waals surface area (Å²) in [6, 6.07) is 9.80. The van der Waals surface area contributed by atoms with Gasteiger partial charge in [0, 0.05) is 18.9 Å². The van der Waals surface area contributed by atoms with Crippen LogP contribution in [0.1, 0.15) is 28.8 Å². The molecule has 6 nitrogen and oxygen atoms in total. The Balaban J connectivity index is 1.38. The predicted octanol–water partition coefficient (Wildman–Crippen LogP) is 3.98. The number of benzene rings is 1. The van der Waals surface area contributed by atoms with Crippen molar-refractivity contribution in [1.82, 2.24) is 19.9 Å². The first kappa shape index (κ1) is 21.1. The van der Waals surface area contributed by atoms with Crippen LogP contribution in [0.15, 0.2) is 42.9 Å². The van der Waals surface area contributed by atoms with E-state index < -0.39 is 23.7 Å². The number of fused-ring (bicyclic) bond motifs is 2. The number of aromatic nitrogens is 3. The van der Waals surface area contributed by atoms with Crippen molar-refractivity contribution in [2.75, 3.05) is 6.54 Å². The van der Waals surface area contributed by atoms with E-state index in [0.29, 0.717) is 25.6 Å². The molecule has 0 N–H and O–H groups in total. The summed E-state index contributed by atoms with van der Waals surface area (Å²) in [7, 11) is 0. The molecule has 1 saturated heterocycles. The van der Waals surface area contributed by atoms with Gasteiger partial charge in [0.05, 0.1) is 23.4 Å². The quantitative estimate of drug-likeness (QED) is 0.556. The molecule has 33 heavy (non-hydrogen) atoms. The van der Waals surface area contributed by atoms with Crippen LogP contribution in [0, 0.1) is 23.9 Å². The number of ether oxygens (including phenoxy) is 1. The Hall–Kier alpha value is -3.74. The molecule has 3 aromatic rings. The van der Waals surface area contributed by atoms with Crippen LogP contribution in [0.3, 0.4) is 0 Å². The summed E-state index contributed by atoms with van der Waals surface area (Å²) in [6.45, 7) is 0.477. The van der Waals surface area contributed by atoms with Gasteiger partial charge in [0.1, 0.15) is 17.5 Å². The molecule has 2 bridgehead atoms. The SMILES string of the molecule is O=C(c1cccc(F)c1-c1ncccn1)N1CC2CC(Oc3c#cc(C(F)(F)F)cn3)C1C2. The molecule has 1 aliphatic heterocycles. The smallest absolute Gasteiger partial charge is 0.425 e. The van der Waals surface area contributed by atoms with Crippen molar-refractivity contribution in [3.63, 3.8) is 0 Å². The zero-order chi connectivity index (χ0) is 23.2. The van der Waals surface area contributed by atoms with E-state index in [1.54, 1.807) is 11.0 Å². The maximum atomic E-state index is 14.7. The summed E-state index contributed by atoms with van der Waals surface area (Å²) < 4.78 is 58.6. The molecule has 2 aromatic heterocycles. The van der Waals surface area contributed by atoms with E-state index in [-0.39, 0.29) is 40.7 Å². The highest BCUT2D eigenvalue weighted by Gasteiger charge is 2.49. The van der Waals surface area contributed by atoms with Crippen molar-refractivity contribution in [3.05, 3.63) is 71.9 Å². The standard InChI is InChI=1S/C23H16F4N4O2/c24-16-4-1-3-15(20(16)21-28-7-2-8-29-21)22(32)31-12-13-9-17(31)18(10-13)33-19-6-5-14(11-30-19)23(25,26)27/h1-4,7-8,11,13,17-18H,9-10,12H2. The number of hydrogen-bond donors (Lipinski definition) is 0. The van der Waals surface area contributed by atoms with Crippen molar-refractivity contribution >= 4 is 5.91 Å². The van der Waals surface area contributed by atoms with Gasteiger partial charge >= 0.3 is 6.18 Å². The lowest BCUT2D eigenvalue weighted by Gasteiger charge is -2.33. The van der Waals surface area contributed by atoms with Crippen molar-refractivity contribution < 1.29 is 27.1 Å². The molecule has 1 aromatic carbocycles. The maximum Gasteiger partial charge on any atom is 0.425 e. The Morgan fingerprint density at radius 2 is 1.88 bits per heavy atom. The number of nitrogens with zero attached hydrogens (tertiary/aromatic N) is 4. The van der Waals surface area contributed by atoms with Gasteiger partial charge in [0.15, 0.2) is 5.82 Å². The highest BCUT2D eigenvalue weighted by molar-refractivity contribution is 6.00. The van der Waals surface area contributed by atoms with Gasteiger partial charge < -0.3 is 9.64 Å². The minimum Gasteiger partial charge on any atom is -0.466 e. The van der Waals surface area contributed by atoms with Crippen LogP contribution in [-0.2, 0) is 6.18 Å². The number of halogens is 4. The lowest BCUT2D eigenvalue weighted by molar-refractivity contribution is -0.137. The van der Waals surface area contributed by atoms with E-state index in [9.17, 15) is 22.4 Å². The van der Waals surface area contributed by atoms with Crippen LogP contribution in [0.25, 0.3) is 11.4 Å². The Labute approximate surface area is 186 Å². The first-order valence-corrected chi connectivity index (χ1v) is 10.2. The van der Waals surface area contributed by atoms with Crippen LogP contribution in [0.2, 0.25) is 0 Å². The molecule has 3 atom stereocenters. The number of amides is 1. The summed E-state index contributed by atoms with van der Waals surface area (Å²) >= 11 is 0. The van der Waals surface area contributed by atoms with Gasteiger partial charge in [0.2, 0.25) is 0 Å². The second-order valence-corrected chi connectivity index (χ2v) is 7.98. The molecule has 1 saturated carbocycles. The molecular formula is C23H16F4N4O2. The van der Waals surface area contributed by atoms with Crippen LogP contribution in [0.5, 0.6) is 5.88 Å².